The van der Waals surface area contributed by atoms with Gasteiger partial charge in [-0.3, -0.25) is 4.79 Å². The van der Waals surface area contributed by atoms with E-state index in [2.05, 4.69) is 35.6 Å². The maximum absolute atomic E-state index is 13.6. The van der Waals surface area contributed by atoms with Crippen LogP contribution in [0.3, 0.4) is 0 Å². The van der Waals surface area contributed by atoms with Gasteiger partial charge in [0.15, 0.2) is 0 Å². The van der Waals surface area contributed by atoms with Crippen molar-refractivity contribution in [2.75, 3.05) is 6.61 Å². The number of rotatable bonds is 7. The molecular weight excluding hydrogens is 516 g/mol. The number of nitrogens with zero attached hydrogens (tertiary/aromatic N) is 3. The van der Waals surface area contributed by atoms with Crippen molar-refractivity contribution < 1.29 is 19.4 Å². The number of aromatic nitrogens is 3. The standard InChI is InChI=1S/C33H42N4O4/c1-4-41-30(40)27(15-20-7-5-6-8-20)37-19-22(35-36-37)18-34-29(39)26-10-9-24-23-16-28(38)33-17-21(33)11-14-32(33,3)25(23)12-13-31(24,26)2/h5-8,10,15,19-21,23-25,28,38H,4,9,11-14,16-18H2,1-3H3,(H,34,39)/b27-15-/t21-,23+,24+,25+,28-,31+,32-,33+/m1/s1. The van der Waals surface area contributed by atoms with Crippen LogP contribution >= 0.6 is 0 Å². The summed E-state index contributed by atoms with van der Waals surface area (Å²) in [6, 6.07) is 0. The molecule has 0 aliphatic heterocycles. The van der Waals surface area contributed by atoms with Gasteiger partial charge in [-0.25, -0.2) is 9.48 Å². The molecule has 0 saturated heterocycles. The molecule has 8 heteroatoms. The van der Waals surface area contributed by atoms with Crippen LogP contribution in [0.2, 0.25) is 0 Å². The van der Waals surface area contributed by atoms with Crippen molar-refractivity contribution in [1.29, 1.82) is 0 Å². The zero-order chi connectivity index (χ0) is 28.6. The van der Waals surface area contributed by atoms with Crippen molar-refractivity contribution in [3.63, 3.8) is 0 Å². The average molecular weight is 559 g/mol. The second-order valence-corrected chi connectivity index (χ2v) is 13.8. The molecule has 0 unspecified atom stereocenters. The predicted octanol–water partition coefficient (Wildman–Crippen LogP) is 4.59. The summed E-state index contributed by atoms with van der Waals surface area (Å²) in [5.41, 5.74) is 2.01. The topological polar surface area (TPSA) is 106 Å². The van der Waals surface area contributed by atoms with E-state index >= 15 is 0 Å². The van der Waals surface area contributed by atoms with E-state index in [1.807, 2.05) is 24.3 Å². The Morgan fingerprint density at radius 1 is 1.20 bits per heavy atom. The highest BCUT2D eigenvalue weighted by Crippen LogP contribution is 2.81. The molecule has 0 aromatic carbocycles. The van der Waals surface area contributed by atoms with Gasteiger partial charge in [0.05, 0.1) is 25.5 Å². The van der Waals surface area contributed by atoms with Gasteiger partial charge in [0.2, 0.25) is 5.91 Å². The number of carbonyl (C=O) groups excluding carboxylic acids is 2. The van der Waals surface area contributed by atoms with Crippen LogP contribution in [0, 0.1) is 45.8 Å². The molecule has 0 bridgehead atoms. The maximum Gasteiger partial charge on any atom is 0.356 e. The Labute approximate surface area is 242 Å². The van der Waals surface area contributed by atoms with Gasteiger partial charge in [-0.05, 0) is 87.0 Å². The lowest BCUT2D eigenvalue weighted by Gasteiger charge is -2.59. The largest absolute Gasteiger partial charge is 0.461 e. The van der Waals surface area contributed by atoms with E-state index in [0.717, 1.165) is 37.2 Å². The van der Waals surface area contributed by atoms with Crippen LogP contribution in [0.1, 0.15) is 71.4 Å². The molecule has 4 saturated carbocycles. The number of fused-ring (bicyclic) bond motifs is 4. The fraction of sp³-hybridized carbons (Fsp3) is 0.636. The number of ether oxygens (including phenoxy) is 1. The smallest absolute Gasteiger partial charge is 0.356 e. The summed E-state index contributed by atoms with van der Waals surface area (Å²) < 4.78 is 6.68. The molecule has 218 valence electrons. The van der Waals surface area contributed by atoms with E-state index in [-0.39, 0.29) is 47.3 Å². The van der Waals surface area contributed by atoms with Gasteiger partial charge in [-0.2, -0.15) is 0 Å². The van der Waals surface area contributed by atoms with Gasteiger partial charge < -0.3 is 15.2 Å². The number of allylic oxidation sites excluding steroid dienone is 6. The van der Waals surface area contributed by atoms with Crippen LogP contribution in [0.4, 0.5) is 0 Å². The third kappa shape index (κ3) is 3.89. The van der Waals surface area contributed by atoms with Crippen LogP contribution in [-0.4, -0.2) is 44.7 Å². The van der Waals surface area contributed by atoms with Gasteiger partial charge >= 0.3 is 5.97 Å². The van der Waals surface area contributed by atoms with Gasteiger partial charge in [0.25, 0.3) is 0 Å². The summed E-state index contributed by atoms with van der Waals surface area (Å²) in [5, 5.41) is 22.9. The monoisotopic (exact) mass is 558 g/mol. The number of carbonyl (C=O) groups is 2. The molecule has 6 aliphatic carbocycles. The quantitative estimate of drug-likeness (QED) is 0.375. The Hall–Kier alpha value is -3.00. The predicted molar refractivity (Wildman–Crippen MR) is 154 cm³/mol. The third-order valence-electron chi connectivity index (χ3n) is 12.2. The molecule has 7 rings (SSSR count). The van der Waals surface area contributed by atoms with E-state index in [4.69, 9.17) is 4.74 Å². The first-order chi connectivity index (χ1) is 19.7. The molecule has 8 nitrogen and oxygen atoms in total. The molecule has 8 atom stereocenters. The van der Waals surface area contributed by atoms with E-state index in [1.54, 1.807) is 19.2 Å². The molecule has 1 aromatic heterocycles. The summed E-state index contributed by atoms with van der Waals surface area (Å²) >= 11 is 0. The van der Waals surface area contributed by atoms with E-state index in [0.29, 0.717) is 29.1 Å². The normalized spacial score (nSPS) is 40.4. The van der Waals surface area contributed by atoms with E-state index in [9.17, 15) is 14.7 Å². The fourth-order valence-corrected chi connectivity index (χ4v) is 10.2. The molecule has 6 aliphatic rings. The minimum atomic E-state index is -0.463. The zero-order valence-corrected chi connectivity index (χ0v) is 24.4. The molecule has 1 aromatic rings. The number of aliphatic hydroxyl groups excluding tert-OH is 1. The summed E-state index contributed by atoms with van der Waals surface area (Å²) in [6.07, 6.45) is 21.0. The molecular formula is C33H42N4O4. The number of esters is 1. The van der Waals surface area contributed by atoms with E-state index in [1.165, 1.54) is 23.9 Å². The number of amides is 1. The Kier molecular flexibility index (Phi) is 6.23. The third-order valence-corrected chi connectivity index (χ3v) is 12.2. The second-order valence-electron chi connectivity index (χ2n) is 13.8. The SMILES string of the molecule is CCOC(=O)/C(=C/C1C=CC=C1)n1cc(CNC(=O)C2=CC[C@H]3[C@@H]4C[C@@H](O)[C@]56C[C@H]5CC[C@]6(C)[C@H]4CC[C@]23C)nn1. The summed E-state index contributed by atoms with van der Waals surface area (Å²) in [7, 11) is 0. The molecule has 1 heterocycles. The molecule has 4 fully saturated rings. The molecule has 41 heavy (non-hydrogen) atoms. The lowest BCUT2D eigenvalue weighted by atomic mass is 9.45. The first-order valence-electron chi connectivity index (χ1n) is 15.5. The summed E-state index contributed by atoms with van der Waals surface area (Å²) in [4.78, 5) is 26.2. The van der Waals surface area contributed by atoms with E-state index < -0.39 is 5.97 Å². The van der Waals surface area contributed by atoms with Gasteiger partial charge in [-0.15, -0.1) is 5.10 Å². The Morgan fingerprint density at radius 2 is 2.00 bits per heavy atom. The Morgan fingerprint density at radius 3 is 2.76 bits per heavy atom. The van der Waals surface area contributed by atoms with Crippen molar-refractivity contribution in [1.82, 2.24) is 20.3 Å². The number of nitrogens with one attached hydrogen (secondary N) is 1. The van der Waals surface area contributed by atoms with Crippen molar-refractivity contribution in [2.24, 2.45) is 45.8 Å². The number of aliphatic hydroxyl groups is 1. The Bertz CT molecular complexity index is 1380. The van der Waals surface area contributed by atoms with Crippen LogP contribution in [-0.2, 0) is 20.9 Å². The molecule has 0 radical (unpaired) electrons. The number of hydrogen-bond donors (Lipinski definition) is 2. The Balaban J connectivity index is 1.03. The first-order valence-corrected chi connectivity index (χ1v) is 15.5. The average Bonchev–Trinajstić information content (AvgIpc) is 3.41. The maximum atomic E-state index is 13.6. The highest BCUT2D eigenvalue weighted by molar-refractivity contribution is 6.09. The minimum Gasteiger partial charge on any atom is -0.461 e. The highest BCUT2D eigenvalue weighted by atomic mass is 16.5. The van der Waals surface area contributed by atoms with Gasteiger partial charge in [-0.1, -0.05) is 49.4 Å². The molecule has 1 spiro atoms. The molecule has 2 N–H and O–H groups in total. The summed E-state index contributed by atoms with van der Waals surface area (Å²) in [5.74, 6) is 1.73. The minimum absolute atomic E-state index is 0.0161. The van der Waals surface area contributed by atoms with Crippen molar-refractivity contribution in [3.05, 3.63) is 53.9 Å². The van der Waals surface area contributed by atoms with Crippen LogP contribution in [0.5, 0.6) is 0 Å². The second kappa shape index (κ2) is 9.51. The first kappa shape index (κ1) is 26.9. The zero-order valence-electron chi connectivity index (χ0n) is 24.4. The van der Waals surface area contributed by atoms with Crippen LogP contribution in [0.15, 0.2) is 48.2 Å². The number of hydrogen-bond acceptors (Lipinski definition) is 6. The summed E-state index contributed by atoms with van der Waals surface area (Å²) in [6.45, 7) is 7.02. The lowest BCUT2D eigenvalue weighted by molar-refractivity contribution is -0.144. The highest BCUT2D eigenvalue weighted by Gasteiger charge is 2.77. The lowest BCUT2D eigenvalue weighted by Crippen LogP contribution is -2.56. The van der Waals surface area contributed by atoms with Gasteiger partial charge in [0, 0.05) is 22.3 Å². The fourth-order valence-electron chi connectivity index (χ4n) is 10.2. The molecule has 1 amide bonds. The van der Waals surface area contributed by atoms with Crippen molar-refractivity contribution in [3.8, 4) is 0 Å². The van der Waals surface area contributed by atoms with Crippen LogP contribution < -0.4 is 5.32 Å². The van der Waals surface area contributed by atoms with Crippen molar-refractivity contribution in [2.45, 2.75) is 78.4 Å². The van der Waals surface area contributed by atoms with Crippen molar-refractivity contribution >= 4 is 17.6 Å². The van der Waals surface area contributed by atoms with Crippen LogP contribution in [0.25, 0.3) is 5.70 Å². The van der Waals surface area contributed by atoms with Gasteiger partial charge in [0.1, 0.15) is 11.4 Å².